The molecule has 3 N–H and O–H groups in total. The van der Waals surface area contributed by atoms with E-state index in [1.54, 1.807) is 13.0 Å². The number of carbonyl (C=O) groups excluding carboxylic acids is 2. The molecule has 3 saturated heterocycles. The molecule has 0 spiro atoms. The van der Waals surface area contributed by atoms with Crippen LogP contribution in [0, 0.1) is 11.8 Å². The van der Waals surface area contributed by atoms with Gasteiger partial charge < -0.3 is 25.3 Å². The van der Waals surface area contributed by atoms with Gasteiger partial charge in [0.2, 0.25) is 11.8 Å². The number of carbonyl (C=O) groups is 3. The second-order valence-electron chi connectivity index (χ2n) is 8.65. The summed E-state index contributed by atoms with van der Waals surface area (Å²) in [6.45, 7) is 5.88. The number of aliphatic hydroxyl groups is 1. The molecule has 4 aliphatic heterocycles. The number of fused-ring (bicyclic) bond motifs is 1. The summed E-state index contributed by atoms with van der Waals surface area (Å²) in [5, 5.41) is 23.2. The first kappa shape index (κ1) is 21.4. The van der Waals surface area contributed by atoms with E-state index in [0.717, 1.165) is 32.4 Å². The number of carboxylic acid groups (broad SMARTS) is 1. The molecule has 9 heteroatoms. The first-order chi connectivity index (χ1) is 14.3. The van der Waals surface area contributed by atoms with Gasteiger partial charge in [0, 0.05) is 47.8 Å². The number of aliphatic hydroxyl groups excluding tert-OH is 1. The van der Waals surface area contributed by atoms with E-state index in [9.17, 15) is 24.6 Å². The van der Waals surface area contributed by atoms with Crippen molar-refractivity contribution in [3.8, 4) is 0 Å². The number of nitrogens with zero attached hydrogens (tertiary/aromatic N) is 2. The molecule has 3 fully saturated rings. The summed E-state index contributed by atoms with van der Waals surface area (Å²) in [5.41, 5.74) is 0.0719. The van der Waals surface area contributed by atoms with Crippen LogP contribution in [-0.2, 0) is 14.4 Å². The Balaban J connectivity index is 1.41. The van der Waals surface area contributed by atoms with Crippen LogP contribution in [-0.4, -0.2) is 80.9 Å². The van der Waals surface area contributed by atoms with Gasteiger partial charge in [-0.3, -0.25) is 9.59 Å². The van der Waals surface area contributed by atoms with Crippen molar-refractivity contribution in [1.82, 2.24) is 15.1 Å². The van der Waals surface area contributed by atoms with Crippen molar-refractivity contribution in [2.24, 2.45) is 11.8 Å². The minimum absolute atomic E-state index is 0.0535. The van der Waals surface area contributed by atoms with Gasteiger partial charge in [0.25, 0.3) is 0 Å². The fraction of sp³-hybridized carbons (Fsp3) is 0.667. The normalized spacial score (nSPS) is 34.6. The Morgan fingerprint density at radius 2 is 2.00 bits per heavy atom. The van der Waals surface area contributed by atoms with Crippen molar-refractivity contribution in [2.45, 2.75) is 56.5 Å². The van der Waals surface area contributed by atoms with Gasteiger partial charge in [0.1, 0.15) is 5.70 Å². The lowest BCUT2D eigenvalue weighted by Crippen LogP contribution is -2.63. The molecule has 0 aromatic heterocycles. The lowest BCUT2D eigenvalue weighted by atomic mass is 9.79. The van der Waals surface area contributed by atoms with Gasteiger partial charge >= 0.3 is 5.97 Å². The number of hydrogen-bond acceptors (Lipinski definition) is 6. The monoisotopic (exact) mass is 435 g/mol. The molecule has 2 amide bonds. The molecule has 4 aliphatic rings. The van der Waals surface area contributed by atoms with E-state index in [2.05, 4.69) is 5.32 Å². The Kier molecular flexibility index (Phi) is 5.96. The molecule has 8 nitrogen and oxygen atoms in total. The summed E-state index contributed by atoms with van der Waals surface area (Å²) in [4.78, 5) is 40.5. The van der Waals surface area contributed by atoms with Crippen LogP contribution >= 0.6 is 11.8 Å². The molecule has 0 aromatic rings. The Morgan fingerprint density at radius 1 is 1.30 bits per heavy atom. The third-order valence-corrected chi connectivity index (χ3v) is 8.13. The molecule has 0 saturated carbocycles. The zero-order chi connectivity index (χ0) is 21.6. The Hall–Kier alpha value is -1.84. The van der Waals surface area contributed by atoms with Crippen LogP contribution in [0.4, 0.5) is 0 Å². The maximum absolute atomic E-state index is 12.4. The van der Waals surface area contributed by atoms with E-state index in [1.165, 1.54) is 16.7 Å². The molecule has 30 heavy (non-hydrogen) atoms. The summed E-state index contributed by atoms with van der Waals surface area (Å²) in [7, 11) is 0. The second-order valence-corrected chi connectivity index (χ2v) is 10.00. The minimum Gasteiger partial charge on any atom is -0.477 e. The Bertz CT molecular complexity index is 804. The highest BCUT2D eigenvalue weighted by atomic mass is 32.2. The molecular formula is C21H29N3O5S. The van der Waals surface area contributed by atoms with Crippen molar-refractivity contribution < 1.29 is 24.6 Å². The Labute approximate surface area is 180 Å². The van der Waals surface area contributed by atoms with Gasteiger partial charge in [-0.15, -0.1) is 11.8 Å². The van der Waals surface area contributed by atoms with E-state index in [0.29, 0.717) is 11.4 Å². The molecular weight excluding hydrogens is 406 g/mol. The molecule has 0 aromatic carbocycles. The maximum atomic E-state index is 12.4. The number of amides is 2. The first-order valence-corrected chi connectivity index (χ1v) is 11.5. The van der Waals surface area contributed by atoms with Gasteiger partial charge in [-0.1, -0.05) is 13.0 Å². The van der Waals surface area contributed by atoms with Crippen LogP contribution in [0.3, 0.4) is 0 Å². The van der Waals surface area contributed by atoms with Crippen LogP contribution in [0.5, 0.6) is 0 Å². The molecule has 0 bridgehead atoms. The lowest BCUT2D eigenvalue weighted by Gasteiger charge is -2.46. The van der Waals surface area contributed by atoms with Gasteiger partial charge in [0.15, 0.2) is 0 Å². The van der Waals surface area contributed by atoms with Crippen LogP contribution in [0.25, 0.3) is 0 Å². The van der Waals surface area contributed by atoms with Gasteiger partial charge in [0.05, 0.1) is 18.1 Å². The van der Waals surface area contributed by atoms with Crippen molar-refractivity contribution in [2.75, 3.05) is 19.6 Å². The second kappa shape index (κ2) is 8.36. The van der Waals surface area contributed by atoms with Crippen molar-refractivity contribution in [1.29, 1.82) is 0 Å². The summed E-state index contributed by atoms with van der Waals surface area (Å²) in [6.07, 6.45) is 5.68. The van der Waals surface area contributed by atoms with E-state index in [-0.39, 0.29) is 40.8 Å². The average molecular weight is 436 g/mol. The number of nitrogens with one attached hydrogen (secondary N) is 1. The lowest BCUT2D eigenvalue weighted by molar-refractivity contribution is -0.163. The zero-order valence-electron chi connectivity index (χ0n) is 17.3. The molecule has 0 radical (unpaired) electrons. The van der Waals surface area contributed by atoms with Crippen LogP contribution in [0.1, 0.15) is 33.1 Å². The number of aliphatic carboxylic acids is 1. The molecule has 6 atom stereocenters. The molecule has 164 valence electrons. The smallest absolute Gasteiger partial charge is 0.353 e. The Morgan fingerprint density at radius 3 is 2.63 bits per heavy atom. The topological polar surface area (TPSA) is 110 Å². The first-order valence-electron chi connectivity index (χ1n) is 10.6. The number of likely N-dealkylation sites (tertiary alicyclic amines) is 1. The molecule has 0 aliphatic carbocycles. The summed E-state index contributed by atoms with van der Waals surface area (Å²) in [6, 6.07) is -0.210. The predicted molar refractivity (Wildman–Crippen MR) is 112 cm³/mol. The fourth-order valence-corrected chi connectivity index (χ4v) is 6.56. The number of carboxylic acids is 1. The summed E-state index contributed by atoms with van der Waals surface area (Å²) in [5.74, 6) is -2.01. The van der Waals surface area contributed by atoms with Crippen LogP contribution in [0.15, 0.2) is 22.8 Å². The third kappa shape index (κ3) is 3.67. The van der Waals surface area contributed by atoms with Crippen molar-refractivity contribution in [3.63, 3.8) is 0 Å². The van der Waals surface area contributed by atoms with Crippen LogP contribution < -0.4 is 5.32 Å². The standard InChI is InChI=1S/C21H29N3O5S/c1-11-17-16(12(2)25)20(27)24(17)18(21(28)29)19(11)30-14-9-13(22-10-14)5-6-15(26)23-7-3-4-8-23/h5-6,11-14,16-17,22,25H,3-4,7-10H2,1-2H3,(H,28,29)/b6-5+/t11-,12-,13-,14+,16-,17-/m1/s1. The number of hydrogen-bond donors (Lipinski definition) is 3. The van der Waals surface area contributed by atoms with Crippen LogP contribution in [0.2, 0.25) is 0 Å². The minimum atomic E-state index is -1.09. The van der Waals surface area contributed by atoms with E-state index < -0.39 is 18.0 Å². The van der Waals surface area contributed by atoms with Crippen molar-refractivity contribution >= 4 is 29.5 Å². The zero-order valence-corrected chi connectivity index (χ0v) is 18.1. The van der Waals surface area contributed by atoms with E-state index in [4.69, 9.17) is 0 Å². The summed E-state index contributed by atoms with van der Waals surface area (Å²) < 4.78 is 0. The maximum Gasteiger partial charge on any atom is 0.353 e. The highest BCUT2D eigenvalue weighted by Gasteiger charge is 2.60. The number of β-lactam (4-membered cyclic amide) rings is 1. The van der Waals surface area contributed by atoms with E-state index >= 15 is 0 Å². The van der Waals surface area contributed by atoms with Gasteiger partial charge in [-0.05, 0) is 26.2 Å². The van der Waals surface area contributed by atoms with Gasteiger partial charge in [-0.2, -0.15) is 0 Å². The predicted octanol–water partition coefficient (Wildman–Crippen LogP) is 0.782. The number of thioether (sulfide) groups is 1. The SMILES string of the molecule is C[C@@H](O)[C@H]1C(=O)N2C(C(=O)O)=C(S[C@@H]3CN[C@H](/C=C/C(=O)N4CCCC4)C3)[C@H](C)[C@H]12. The molecule has 4 rings (SSSR count). The van der Waals surface area contributed by atoms with Crippen molar-refractivity contribution in [3.05, 3.63) is 22.8 Å². The number of rotatable bonds is 6. The average Bonchev–Trinajstić information content (AvgIpc) is 3.41. The quantitative estimate of drug-likeness (QED) is 0.418. The highest BCUT2D eigenvalue weighted by Crippen LogP contribution is 2.51. The largest absolute Gasteiger partial charge is 0.477 e. The highest BCUT2D eigenvalue weighted by molar-refractivity contribution is 8.03. The van der Waals surface area contributed by atoms with Gasteiger partial charge in [-0.25, -0.2) is 4.79 Å². The third-order valence-electron chi connectivity index (χ3n) is 6.62. The summed E-state index contributed by atoms with van der Waals surface area (Å²) >= 11 is 1.52. The molecule has 0 unspecified atom stereocenters. The van der Waals surface area contributed by atoms with E-state index in [1.807, 2.05) is 17.9 Å². The fourth-order valence-electron chi connectivity index (χ4n) is 5.07. The molecule has 4 heterocycles.